The second kappa shape index (κ2) is 9.16. The van der Waals surface area contributed by atoms with E-state index in [4.69, 9.17) is 4.74 Å². The average molecular weight is 383 g/mol. The number of hydrogen-bond donors (Lipinski definition) is 1. The van der Waals surface area contributed by atoms with E-state index in [9.17, 15) is 9.59 Å². The van der Waals surface area contributed by atoms with Crippen LogP contribution in [0.1, 0.15) is 12.8 Å². The van der Waals surface area contributed by atoms with Crippen LogP contribution in [0.5, 0.6) is 5.75 Å². The van der Waals surface area contributed by atoms with E-state index < -0.39 is 0 Å². The van der Waals surface area contributed by atoms with Gasteiger partial charge in [0.2, 0.25) is 17.8 Å². The smallest absolute Gasteiger partial charge is 0.243 e. The average Bonchev–Trinajstić information content (AvgIpc) is 2.74. The van der Waals surface area contributed by atoms with Gasteiger partial charge in [0, 0.05) is 44.3 Å². The van der Waals surface area contributed by atoms with Gasteiger partial charge in [-0.2, -0.15) is 0 Å². The highest BCUT2D eigenvalue weighted by molar-refractivity contribution is 5.95. The summed E-state index contributed by atoms with van der Waals surface area (Å²) in [5.41, 5.74) is 0.635. The van der Waals surface area contributed by atoms with Crippen LogP contribution in [0.3, 0.4) is 0 Å². The summed E-state index contributed by atoms with van der Waals surface area (Å²) in [7, 11) is 3.23. The molecule has 8 heteroatoms. The van der Waals surface area contributed by atoms with Gasteiger partial charge in [-0.25, -0.2) is 9.97 Å². The van der Waals surface area contributed by atoms with Gasteiger partial charge in [-0.3, -0.25) is 9.59 Å². The van der Waals surface area contributed by atoms with E-state index in [1.807, 2.05) is 4.90 Å². The first-order valence-corrected chi connectivity index (χ1v) is 9.27. The standard InChI is InChI=1S/C20H25N5O3/c1-24(14-18(26)23-16-7-3-8-17(12-16)28-2)19(27)15-6-4-11-25(13-15)20-21-9-5-10-22-20/h3,5,7-10,12,15H,4,6,11,13-14H2,1-2H3,(H,23,26). The van der Waals surface area contributed by atoms with E-state index in [2.05, 4.69) is 15.3 Å². The molecule has 1 aliphatic rings. The van der Waals surface area contributed by atoms with Crippen LogP contribution in [0.15, 0.2) is 42.7 Å². The molecular weight excluding hydrogens is 358 g/mol. The third-order valence-corrected chi connectivity index (χ3v) is 4.72. The third-order valence-electron chi connectivity index (χ3n) is 4.72. The van der Waals surface area contributed by atoms with Crippen LogP contribution in [0.2, 0.25) is 0 Å². The third kappa shape index (κ3) is 4.97. The molecule has 1 aromatic heterocycles. The summed E-state index contributed by atoms with van der Waals surface area (Å²) in [6, 6.07) is 8.88. The molecule has 0 saturated carbocycles. The highest BCUT2D eigenvalue weighted by Crippen LogP contribution is 2.21. The first-order chi connectivity index (χ1) is 13.6. The van der Waals surface area contributed by atoms with Gasteiger partial charge in [-0.05, 0) is 31.0 Å². The zero-order chi connectivity index (χ0) is 19.9. The first kappa shape index (κ1) is 19.6. The van der Waals surface area contributed by atoms with Crippen LogP contribution in [-0.2, 0) is 9.59 Å². The lowest BCUT2D eigenvalue weighted by Gasteiger charge is -2.33. The zero-order valence-electron chi connectivity index (χ0n) is 16.2. The van der Waals surface area contributed by atoms with Crippen LogP contribution in [0.25, 0.3) is 0 Å². The summed E-state index contributed by atoms with van der Waals surface area (Å²) in [6.45, 7) is 1.38. The summed E-state index contributed by atoms with van der Waals surface area (Å²) in [5.74, 6) is 0.836. The zero-order valence-corrected chi connectivity index (χ0v) is 16.2. The number of amides is 2. The highest BCUT2D eigenvalue weighted by atomic mass is 16.5. The number of nitrogens with zero attached hydrogens (tertiary/aromatic N) is 4. The molecule has 28 heavy (non-hydrogen) atoms. The molecule has 2 heterocycles. The second-order valence-electron chi connectivity index (χ2n) is 6.81. The van der Waals surface area contributed by atoms with E-state index in [1.165, 1.54) is 4.90 Å². The summed E-state index contributed by atoms with van der Waals surface area (Å²) in [5, 5.41) is 2.80. The maximum absolute atomic E-state index is 12.8. The van der Waals surface area contributed by atoms with Gasteiger partial charge in [-0.1, -0.05) is 6.07 Å². The fourth-order valence-corrected chi connectivity index (χ4v) is 3.32. The quantitative estimate of drug-likeness (QED) is 0.818. The van der Waals surface area contributed by atoms with E-state index in [1.54, 1.807) is 56.9 Å². The fraction of sp³-hybridized carbons (Fsp3) is 0.400. The van der Waals surface area contributed by atoms with Crippen molar-refractivity contribution in [1.29, 1.82) is 0 Å². The molecule has 1 N–H and O–H groups in total. The lowest BCUT2D eigenvalue weighted by atomic mass is 9.97. The van der Waals surface area contributed by atoms with Gasteiger partial charge in [0.1, 0.15) is 5.75 Å². The Kier molecular flexibility index (Phi) is 6.41. The van der Waals surface area contributed by atoms with Crippen molar-refractivity contribution in [3.63, 3.8) is 0 Å². The number of nitrogens with one attached hydrogen (secondary N) is 1. The molecule has 1 aliphatic heterocycles. The Morgan fingerprint density at radius 3 is 2.82 bits per heavy atom. The molecule has 0 spiro atoms. The largest absolute Gasteiger partial charge is 0.497 e. The molecule has 148 valence electrons. The molecule has 1 saturated heterocycles. The lowest BCUT2D eigenvalue weighted by Crippen LogP contribution is -2.46. The number of carbonyl (C=O) groups excluding carboxylic acids is 2. The molecule has 0 bridgehead atoms. The molecule has 1 unspecified atom stereocenters. The predicted molar refractivity (Wildman–Crippen MR) is 106 cm³/mol. The lowest BCUT2D eigenvalue weighted by molar-refractivity contribution is -0.137. The second-order valence-corrected chi connectivity index (χ2v) is 6.81. The number of benzene rings is 1. The number of methoxy groups -OCH3 is 1. The number of carbonyl (C=O) groups is 2. The van der Waals surface area contributed by atoms with Crippen molar-refractivity contribution in [3.05, 3.63) is 42.7 Å². The Balaban J connectivity index is 1.55. The Labute approximate surface area is 164 Å². The van der Waals surface area contributed by atoms with Crippen molar-refractivity contribution < 1.29 is 14.3 Å². The maximum atomic E-state index is 12.8. The Morgan fingerprint density at radius 2 is 2.07 bits per heavy atom. The number of aromatic nitrogens is 2. The molecule has 8 nitrogen and oxygen atoms in total. The van der Waals surface area contributed by atoms with Gasteiger partial charge in [0.15, 0.2) is 0 Å². The summed E-state index contributed by atoms with van der Waals surface area (Å²) in [6.07, 6.45) is 5.08. The summed E-state index contributed by atoms with van der Waals surface area (Å²) < 4.78 is 5.15. The van der Waals surface area contributed by atoms with Gasteiger partial charge >= 0.3 is 0 Å². The van der Waals surface area contributed by atoms with Crippen molar-refractivity contribution in [1.82, 2.24) is 14.9 Å². The predicted octanol–water partition coefficient (Wildman–Crippen LogP) is 1.80. The summed E-state index contributed by atoms with van der Waals surface area (Å²) in [4.78, 5) is 37.2. The number of ether oxygens (including phenoxy) is 1. The van der Waals surface area contributed by atoms with Gasteiger partial charge in [0.25, 0.3) is 0 Å². The molecule has 1 aromatic carbocycles. The van der Waals surface area contributed by atoms with Crippen LogP contribution < -0.4 is 15.0 Å². The molecular formula is C20H25N5O3. The van der Waals surface area contributed by atoms with Crippen molar-refractivity contribution in [3.8, 4) is 5.75 Å². The minimum Gasteiger partial charge on any atom is -0.497 e. The van der Waals surface area contributed by atoms with E-state index in [-0.39, 0.29) is 24.3 Å². The van der Waals surface area contributed by atoms with E-state index in [0.29, 0.717) is 23.9 Å². The van der Waals surface area contributed by atoms with E-state index >= 15 is 0 Å². The minimum absolute atomic E-state index is 0.00558. The van der Waals surface area contributed by atoms with Crippen LogP contribution >= 0.6 is 0 Å². The molecule has 2 amide bonds. The fourth-order valence-electron chi connectivity index (χ4n) is 3.32. The van der Waals surface area contributed by atoms with Crippen molar-refractivity contribution in [2.24, 2.45) is 5.92 Å². The van der Waals surface area contributed by atoms with Crippen LogP contribution in [0, 0.1) is 5.92 Å². The monoisotopic (exact) mass is 383 g/mol. The highest BCUT2D eigenvalue weighted by Gasteiger charge is 2.29. The van der Waals surface area contributed by atoms with Gasteiger partial charge < -0.3 is 19.9 Å². The van der Waals surface area contributed by atoms with Gasteiger partial charge in [0.05, 0.1) is 19.6 Å². The summed E-state index contributed by atoms with van der Waals surface area (Å²) >= 11 is 0. The molecule has 1 atom stereocenters. The molecule has 1 fully saturated rings. The number of anilines is 2. The molecule has 2 aromatic rings. The first-order valence-electron chi connectivity index (χ1n) is 9.27. The number of rotatable bonds is 6. The van der Waals surface area contributed by atoms with E-state index in [0.717, 1.165) is 19.4 Å². The topological polar surface area (TPSA) is 87.7 Å². The van der Waals surface area contributed by atoms with Crippen molar-refractivity contribution in [2.45, 2.75) is 12.8 Å². The number of likely N-dealkylation sites (N-methyl/N-ethyl adjacent to an activating group) is 1. The Morgan fingerprint density at radius 1 is 1.29 bits per heavy atom. The Hall–Kier alpha value is -3.16. The number of hydrogen-bond acceptors (Lipinski definition) is 6. The van der Waals surface area contributed by atoms with Crippen LogP contribution in [-0.4, -0.2) is 60.5 Å². The van der Waals surface area contributed by atoms with Gasteiger partial charge in [-0.15, -0.1) is 0 Å². The molecule has 0 aliphatic carbocycles. The van der Waals surface area contributed by atoms with Crippen molar-refractivity contribution >= 4 is 23.5 Å². The molecule has 0 radical (unpaired) electrons. The molecule has 3 rings (SSSR count). The minimum atomic E-state index is -0.247. The number of piperidine rings is 1. The van der Waals surface area contributed by atoms with Crippen molar-refractivity contribution in [2.75, 3.05) is 44.0 Å². The Bertz CT molecular complexity index is 814. The van der Waals surface area contributed by atoms with Crippen LogP contribution in [0.4, 0.5) is 11.6 Å². The normalized spacial score (nSPS) is 16.4. The maximum Gasteiger partial charge on any atom is 0.243 e. The SMILES string of the molecule is COc1cccc(NC(=O)CN(C)C(=O)C2CCCN(c3ncccn3)C2)c1.